The average molecular weight is 348 g/mol. The lowest BCUT2D eigenvalue weighted by Gasteiger charge is -2.16. The quantitative estimate of drug-likeness (QED) is 0.700. The Bertz CT molecular complexity index is 917. The second-order valence-corrected chi connectivity index (χ2v) is 6.80. The fraction of sp³-hybridized carbons (Fsp3) is 0.273. The third kappa shape index (κ3) is 4.02. The zero-order valence-corrected chi connectivity index (χ0v) is 15.6. The molecule has 134 valence electrons. The molecule has 1 aromatic heterocycles. The van der Waals surface area contributed by atoms with Crippen LogP contribution in [0.4, 0.5) is 5.69 Å². The van der Waals surface area contributed by atoms with Crippen LogP contribution in [0.5, 0.6) is 5.75 Å². The number of rotatable bonds is 5. The summed E-state index contributed by atoms with van der Waals surface area (Å²) in [6.07, 6.45) is -0.611. The third-order valence-corrected chi connectivity index (χ3v) is 4.35. The molecule has 1 heterocycles. The number of nitrogens with one attached hydrogen (secondary N) is 1. The minimum atomic E-state index is -0.611. The molecule has 0 bridgehead atoms. The second kappa shape index (κ2) is 7.56. The van der Waals surface area contributed by atoms with Gasteiger partial charge < -0.3 is 10.1 Å². The van der Waals surface area contributed by atoms with Gasteiger partial charge in [-0.15, -0.1) is 0 Å². The molecule has 0 spiro atoms. The van der Waals surface area contributed by atoms with Crippen LogP contribution in [-0.4, -0.2) is 17.0 Å². The molecule has 3 rings (SSSR count). The zero-order chi connectivity index (χ0) is 18.7. The van der Waals surface area contributed by atoms with E-state index in [4.69, 9.17) is 4.74 Å². The predicted molar refractivity (Wildman–Crippen MR) is 106 cm³/mol. The second-order valence-electron chi connectivity index (χ2n) is 6.80. The van der Waals surface area contributed by atoms with Crippen LogP contribution in [-0.2, 0) is 4.79 Å². The van der Waals surface area contributed by atoms with Crippen LogP contribution in [0.15, 0.2) is 54.6 Å². The van der Waals surface area contributed by atoms with E-state index in [1.807, 2.05) is 61.5 Å². The van der Waals surface area contributed by atoms with E-state index in [0.717, 1.165) is 16.6 Å². The number of aromatic nitrogens is 1. The van der Waals surface area contributed by atoms with Gasteiger partial charge in [0.05, 0.1) is 11.2 Å². The molecule has 1 amide bonds. The minimum absolute atomic E-state index is 0.200. The Morgan fingerprint density at radius 3 is 2.42 bits per heavy atom. The van der Waals surface area contributed by atoms with E-state index in [1.54, 1.807) is 6.92 Å². The molecule has 0 saturated carbocycles. The highest BCUT2D eigenvalue weighted by atomic mass is 16.5. The van der Waals surface area contributed by atoms with Crippen molar-refractivity contribution < 1.29 is 9.53 Å². The van der Waals surface area contributed by atoms with E-state index >= 15 is 0 Å². The van der Waals surface area contributed by atoms with Crippen molar-refractivity contribution >= 4 is 22.5 Å². The van der Waals surface area contributed by atoms with Crippen LogP contribution in [0.2, 0.25) is 0 Å². The maximum absolute atomic E-state index is 12.6. The Morgan fingerprint density at radius 2 is 1.73 bits per heavy atom. The Balaban J connectivity index is 1.72. The van der Waals surface area contributed by atoms with Crippen LogP contribution in [0.1, 0.15) is 37.9 Å². The molecule has 1 N–H and O–H groups in total. The molecule has 3 aromatic rings. The van der Waals surface area contributed by atoms with Crippen molar-refractivity contribution in [3.05, 3.63) is 65.9 Å². The van der Waals surface area contributed by atoms with Crippen molar-refractivity contribution in [2.45, 2.75) is 39.7 Å². The summed E-state index contributed by atoms with van der Waals surface area (Å²) in [4.78, 5) is 17.1. The number of benzene rings is 2. The van der Waals surface area contributed by atoms with Crippen LogP contribution >= 0.6 is 0 Å². The lowest BCUT2D eigenvalue weighted by molar-refractivity contribution is -0.122. The Hall–Kier alpha value is -2.88. The van der Waals surface area contributed by atoms with Gasteiger partial charge in [0.15, 0.2) is 6.10 Å². The minimum Gasteiger partial charge on any atom is -0.481 e. The fourth-order valence-electron chi connectivity index (χ4n) is 2.77. The monoisotopic (exact) mass is 348 g/mol. The van der Waals surface area contributed by atoms with Gasteiger partial charge in [-0.1, -0.05) is 44.2 Å². The fourth-order valence-corrected chi connectivity index (χ4v) is 2.77. The van der Waals surface area contributed by atoms with Gasteiger partial charge in [0.1, 0.15) is 5.75 Å². The molecule has 0 fully saturated rings. The number of carbonyl (C=O) groups excluding carboxylic acids is 1. The van der Waals surface area contributed by atoms with Crippen LogP contribution in [0, 0.1) is 6.92 Å². The average Bonchev–Trinajstić information content (AvgIpc) is 2.62. The Kier molecular flexibility index (Phi) is 5.21. The number of ether oxygens (including phenoxy) is 1. The number of amides is 1. The van der Waals surface area contributed by atoms with E-state index in [-0.39, 0.29) is 5.91 Å². The Labute approximate surface area is 154 Å². The molecule has 0 saturated heterocycles. The van der Waals surface area contributed by atoms with Gasteiger partial charge in [0.2, 0.25) is 0 Å². The van der Waals surface area contributed by atoms with Gasteiger partial charge in [0, 0.05) is 11.1 Å². The Morgan fingerprint density at radius 1 is 1.00 bits per heavy atom. The first-order valence-corrected chi connectivity index (χ1v) is 8.88. The van der Waals surface area contributed by atoms with Crippen molar-refractivity contribution in [3.8, 4) is 5.75 Å². The number of hydrogen-bond donors (Lipinski definition) is 1. The van der Waals surface area contributed by atoms with Crippen molar-refractivity contribution in [2.75, 3.05) is 5.32 Å². The number of carbonyl (C=O) groups is 1. The summed E-state index contributed by atoms with van der Waals surface area (Å²) in [5.41, 5.74) is 3.64. The molecule has 2 aromatic carbocycles. The number of para-hydroxylation sites is 1. The summed E-state index contributed by atoms with van der Waals surface area (Å²) in [6.45, 7) is 7.97. The summed E-state index contributed by atoms with van der Waals surface area (Å²) >= 11 is 0. The number of fused-ring (bicyclic) bond motifs is 1. The number of nitrogens with zero attached hydrogens (tertiary/aromatic N) is 1. The number of hydrogen-bond acceptors (Lipinski definition) is 3. The van der Waals surface area contributed by atoms with Gasteiger partial charge in [-0.25, -0.2) is 0 Å². The predicted octanol–water partition coefficient (Wildman–Crippen LogP) is 5.07. The zero-order valence-electron chi connectivity index (χ0n) is 15.6. The lowest BCUT2D eigenvalue weighted by Crippen LogP contribution is -2.30. The SMILES string of the molecule is Cc1ccc2cccc(NC(=O)[C@@H](C)Oc3ccc(C(C)C)cc3)c2n1. The maximum atomic E-state index is 12.6. The van der Waals surface area contributed by atoms with Gasteiger partial charge in [-0.2, -0.15) is 0 Å². The first-order valence-electron chi connectivity index (χ1n) is 8.88. The summed E-state index contributed by atoms with van der Waals surface area (Å²) in [7, 11) is 0. The number of aryl methyl sites for hydroxylation is 1. The smallest absolute Gasteiger partial charge is 0.265 e. The molecule has 1 atom stereocenters. The van der Waals surface area contributed by atoms with Gasteiger partial charge >= 0.3 is 0 Å². The molecule has 4 heteroatoms. The molecule has 0 aliphatic carbocycles. The van der Waals surface area contributed by atoms with Crippen LogP contribution in [0.25, 0.3) is 10.9 Å². The molecule has 0 unspecified atom stereocenters. The highest BCUT2D eigenvalue weighted by Crippen LogP contribution is 2.23. The molecule has 26 heavy (non-hydrogen) atoms. The summed E-state index contributed by atoms with van der Waals surface area (Å²) in [5.74, 6) is 0.949. The van der Waals surface area contributed by atoms with Gasteiger partial charge in [-0.3, -0.25) is 9.78 Å². The molecule has 0 aliphatic heterocycles. The topological polar surface area (TPSA) is 51.2 Å². The first kappa shape index (κ1) is 17.9. The van der Waals surface area contributed by atoms with E-state index in [2.05, 4.69) is 24.1 Å². The van der Waals surface area contributed by atoms with Crippen molar-refractivity contribution in [3.63, 3.8) is 0 Å². The number of pyridine rings is 1. The molecule has 0 aliphatic rings. The first-order chi connectivity index (χ1) is 12.4. The van der Waals surface area contributed by atoms with E-state index in [0.29, 0.717) is 17.4 Å². The standard InChI is InChI=1S/C22H24N2O2/c1-14(2)17-10-12-19(13-11-17)26-16(4)22(25)24-20-7-5-6-18-9-8-15(3)23-21(18)20/h5-14,16H,1-4H3,(H,24,25)/t16-/m1/s1. The van der Waals surface area contributed by atoms with Gasteiger partial charge in [0.25, 0.3) is 5.91 Å². The molecule has 0 radical (unpaired) electrons. The van der Waals surface area contributed by atoms with Gasteiger partial charge in [-0.05, 0) is 49.6 Å². The summed E-state index contributed by atoms with van der Waals surface area (Å²) in [5, 5.41) is 3.93. The van der Waals surface area contributed by atoms with Crippen molar-refractivity contribution in [1.82, 2.24) is 4.98 Å². The largest absolute Gasteiger partial charge is 0.481 e. The molecular weight excluding hydrogens is 324 g/mol. The number of anilines is 1. The lowest BCUT2D eigenvalue weighted by atomic mass is 10.0. The summed E-state index contributed by atoms with van der Waals surface area (Å²) < 4.78 is 5.79. The van der Waals surface area contributed by atoms with Crippen molar-refractivity contribution in [1.29, 1.82) is 0 Å². The highest BCUT2D eigenvalue weighted by Gasteiger charge is 2.16. The van der Waals surface area contributed by atoms with E-state index in [9.17, 15) is 4.79 Å². The van der Waals surface area contributed by atoms with Crippen molar-refractivity contribution in [2.24, 2.45) is 0 Å². The maximum Gasteiger partial charge on any atom is 0.265 e. The van der Waals surface area contributed by atoms with E-state index < -0.39 is 6.10 Å². The van der Waals surface area contributed by atoms with Crippen LogP contribution in [0.3, 0.4) is 0 Å². The third-order valence-electron chi connectivity index (χ3n) is 4.35. The van der Waals surface area contributed by atoms with Crippen LogP contribution < -0.4 is 10.1 Å². The summed E-state index contributed by atoms with van der Waals surface area (Å²) in [6, 6.07) is 17.6. The molecule has 4 nitrogen and oxygen atoms in total. The van der Waals surface area contributed by atoms with E-state index in [1.165, 1.54) is 5.56 Å². The molecular formula is C22H24N2O2. The highest BCUT2D eigenvalue weighted by molar-refractivity contribution is 6.01. The normalized spacial score (nSPS) is 12.2.